The maximum absolute atomic E-state index is 4.60. The lowest BCUT2D eigenvalue weighted by Crippen LogP contribution is -2.19. The number of nitrogens with one attached hydrogen (secondary N) is 1. The lowest BCUT2D eigenvalue weighted by molar-refractivity contribution is 0.565. The first-order valence-corrected chi connectivity index (χ1v) is 7.89. The number of aryl methyl sites for hydroxylation is 3. The van der Waals surface area contributed by atoms with Crippen LogP contribution >= 0.6 is 0 Å². The van der Waals surface area contributed by atoms with Crippen LogP contribution < -0.4 is 5.32 Å². The fraction of sp³-hybridized carbons (Fsp3) is 0.529. The van der Waals surface area contributed by atoms with Crippen molar-refractivity contribution in [3.05, 3.63) is 47.1 Å². The predicted octanol–water partition coefficient (Wildman–Crippen LogP) is 3.06. The maximum atomic E-state index is 4.60. The first-order chi connectivity index (χ1) is 10.5. The van der Waals surface area contributed by atoms with E-state index < -0.39 is 0 Å². The van der Waals surface area contributed by atoms with Crippen molar-refractivity contribution in [3.63, 3.8) is 0 Å². The van der Waals surface area contributed by atoms with E-state index in [2.05, 4.69) is 60.7 Å². The molecule has 2 rings (SSSR count). The third kappa shape index (κ3) is 3.30. The summed E-state index contributed by atoms with van der Waals surface area (Å²) in [6.07, 6.45) is 3.95. The molecule has 0 fully saturated rings. The van der Waals surface area contributed by atoms with Gasteiger partial charge in [0.1, 0.15) is 0 Å². The van der Waals surface area contributed by atoms with E-state index in [1.807, 2.05) is 17.7 Å². The minimum absolute atomic E-state index is 0.266. The highest BCUT2D eigenvalue weighted by Gasteiger charge is 2.17. The van der Waals surface area contributed by atoms with Gasteiger partial charge in [-0.15, -0.1) is 6.58 Å². The summed E-state index contributed by atoms with van der Waals surface area (Å²) in [4.78, 5) is 0. The highest BCUT2D eigenvalue weighted by molar-refractivity contribution is 5.28. The van der Waals surface area contributed by atoms with Gasteiger partial charge in [0, 0.05) is 42.1 Å². The summed E-state index contributed by atoms with van der Waals surface area (Å²) in [6, 6.07) is 0.266. The Bertz CT molecular complexity index is 650. The summed E-state index contributed by atoms with van der Waals surface area (Å²) in [5, 5.41) is 12.7. The van der Waals surface area contributed by atoms with Crippen LogP contribution in [0.25, 0.3) is 0 Å². The van der Waals surface area contributed by atoms with Crippen molar-refractivity contribution < 1.29 is 0 Å². The SMILES string of the molecule is C=CCn1cc(CN[C@@H](C)c2c(C)nn(CC)c2C)c(C)n1. The molecule has 0 aliphatic rings. The van der Waals surface area contributed by atoms with Crippen molar-refractivity contribution in [3.8, 4) is 0 Å². The van der Waals surface area contributed by atoms with Crippen LogP contribution in [-0.2, 0) is 19.6 Å². The van der Waals surface area contributed by atoms with Gasteiger partial charge in [0.2, 0.25) is 0 Å². The van der Waals surface area contributed by atoms with E-state index in [1.165, 1.54) is 16.8 Å². The van der Waals surface area contributed by atoms with Gasteiger partial charge in [0.25, 0.3) is 0 Å². The molecule has 0 radical (unpaired) electrons. The van der Waals surface area contributed by atoms with Gasteiger partial charge in [0.05, 0.1) is 17.9 Å². The fourth-order valence-corrected chi connectivity index (χ4v) is 2.97. The Kier molecular flexibility index (Phi) is 5.19. The van der Waals surface area contributed by atoms with Gasteiger partial charge >= 0.3 is 0 Å². The van der Waals surface area contributed by atoms with Crippen molar-refractivity contribution in [1.29, 1.82) is 0 Å². The monoisotopic (exact) mass is 301 g/mol. The van der Waals surface area contributed by atoms with Gasteiger partial charge < -0.3 is 5.32 Å². The zero-order valence-electron chi connectivity index (χ0n) is 14.3. The first-order valence-electron chi connectivity index (χ1n) is 7.89. The van der Waals surface area contributed by atoms with Crippen LogP contribution in [0.5, 0.6) is 0 Å². The number of hydrogen-bond acceptors (Lipinski definition) is 3. The molecule has 1 N–H and O–H groups in total. The Labute approximate surface area is 133 Å². The Balaban J connectivity index is 2.08. The van der Waals surface area contributed by atoms with Crippen LogP contribution in [0.3, 0.4) is 0 Å². The minimum atomic E-state index is 0.266. The van der Waals surface area contributed by atoms with Crippen LogP contribution in [0.2, 0.25) is 0 Å². The van der Waals surface area contributed by atoms with Gasteiger partial charge in [-0.3, -0.25) is 9.36 Å². The van der Waals surface area contributed by atoms with E-state index in [4.69, 9.17) is 0 Å². The number of aromatic nitrogens is 4. The second-order valence-corrected chi connectivity index (χ2v) is 5.75. The summed E-state index contributed by atoms with van der Waals surface area (Å²) in [6.45, 7) is 16.8. The highest BCUT2D eigenvalue weighted by Crippen LogP contribution is 2.22. The summed E-state index contributed by atoms with van der Waals surface area (Å²) in [5.41, 5.74) is 5.96. The molecule has 5 heteroatoms. The van der Waals surface area contributed by atoms with Crippen LogP contribution in [0.4, 0.5) is 0 Å². The summed E-state index contributed by atoms with van der Waals surface area (Å²) in [7, 11) is 0. The van der Waals surface area contributed by atoms with Crippen LogP contribution in [-0.4, -0.2) is 19.6 Å². The van der Waals surface area contributed by atoms with Crippen molar-refractivity contribution in [2.24, 2.45) is 0 Å². The Morgan fingerprint density at radius 3 is 2.59 bits per heavy atom. The zero-order chi connectivity index (χ0) is 16.3. The normalized spacial score (nSPS) is 12.6. The smallest absolute Gasteiger partial charge is 0.0644 e. The van der Waals surface area contributed by atoms with E-state index in [0.717, 1.165) is 31.0 Å². The predicted molar refractivity (Wildman–Crippen MR) is 89.8 cm³/mol. The number of hydrogen-bond donors (Lipinski definition) is 1. The van der Waals surface area contributed by atoms with E-state index in [0.29, 0.717) is 0 Å². The van der Waals surface area contributed by atoms with Crippen molar-refractivity contribution in [2.75, 3.05) is 0 Å². The van der Waals surface area contributed by atoms with E-state index in [9.17, 15) is 0 Å². The van der Waals surface area contributed by atoms with Gasteiger partial charge in [-0.2, -0.15) is 10.2 Å². The Morgan fingerprint density at radius 1 is 1.27 bits per heavy atom. The molecule has 1 atom stereocenters. The molecule has 2 aromatic rings. The molecule has 0 aliphatic heterocycles. The summed E-state index contributed by atoms with van der Waals surface area (Å²) in [5.74, 6) is 0. The molecular formula is C17H27N5. The fourth-order valence-electron chi connectivity index (χ4n) is 2.97. The number of rotatable bonds is 7. The second kappa shape index (κ2) is 6.92. The molecule has 0 bridgehead atoms. The number of allylic oxidation sites excluding steroid dienone is 1. The largest absolute Gasteiger partial charge is 0.306 e. The van der Waals surface area contributed by atoms with E-state index in [-0.39, 0.29) is 6.04 Å². The molecule has 0 aliphatic carbocycles. The van der Waals surface area contributed by atoms with E-state index >= 15 is 0 Å². The highest BCUT2D eigenvalue weighted by atomic mass is 15.3. The molecule has 2 heterocycles. The van der Waals surface area contributed by atoms with Crippen LogP contribution in [0.1, 0.15) is 48.1 Å². The third-order valence-electron chi connectivity index (χ3n) is 4.13. The Morgan fingerprint density at radius 2 is 2.00 bits per heavy atom. The molecule has 0 aromatic carbocycles. The molecule has 2 aromatic heterocycles. The van der Waals surface area contributed by atoms with Crippen molar-refractivity contribution >= 4 is 0 Å². The zero-order valence-corrected chi connectivity index (χ0v) is 14.3. The third-order valence-corrected chi connectivity index (χ3v) is 4.13. The standard InChI is InChI=1S/C17H27N5/c1-7-9-21-11-16(12(3)19-21)10-18-13(4)17-14(5)20-22(8-2)15(17)6/h7,11,13,18H,1,8-10H2,2-6H3/t13-/m0/s1. The van der Waals surface area contributed by atoms with Gasteiger partial charge in [0.15, 0.2) is 0 Å². The van der Waals surface area contributed by atoms with Crippen LogP contribution in [0.15, 0.2) is 18.9 Å². The molecule has 0 saturated carbocycles. The van der Waals surface area contributed by atoms with Crippen molar-refractivity contribution in [2.45, 2.75) is 60.3 Å². The molecule has 120 valence electrons. The van der Waals surface area contributed by atoms with Gasteiger partial charge in [-0.25, -0.2) is 0 Å². The first kappa shape index (κ1) is 16.5. The molecule has 0 saturated heterocycles. The summed E-state index contributed by atoms with van der Waals surface area (Å²) >= 11 is 0. The quantitative estimate of drug-likeness (QED) is 0.800. The lowest BCUT2D eigenvalue weighted by Gasteiger charge is -2.14. The molecule has 22 heavy (non-hydrogen) atoms. The molecule has 0 amide bonds. The Hall–Kier alpha value is -1.88. The van der Waals surface area contributed by atoms with Crippen LogP contribution in [0, 0.1) is 20.8 Å². The van der Waals surface area contributed by atoms with Gasteiger partial charge in [-0.05, 0) is 34.6 Å². The molecular weight excluding hydrogens is 274 g/mol. The summed E-state index contributed by atoms with van der Waals surface area (Å²) < 4.78 is 3.99. The molecule has 5 nitrogen and oxygen atoms in total. The average Bonchev–Trinajstić information content (AvgIpc) is 2.96. The second-order valence-electron chi connectivity index (χ2n) is 5.75. The minimum Gasteiger partial charge on any atom is -0.306 e. The molecule has 0 unspecified atom stereocenters. The van der Waals surface area contributed by atoms with Gasteiger partial charge in [-0.1, -0.05) is 6.08 Å². The van der Waals surface area contributed by atoms with Crippen molar-refractivity contribution in [1.82, 2.24) is 24.9 Å². The lowest BCUT2D eigenvalue weighted by atomic mass is 10.1. The topological polar surface area (TPSA) is 47.7 Å². The maximum Gasteiger partial charge on any atom is 0.0644 e. The number of nitrogens with zero attached hydrogens (tertiary/aromatic N) is 4. The van der Waals surface area contributed by atoms with E-state index in [1.54, 1.807) is 0 Å². The average molecular weight is 301 g/mol. The molecule has 0 spiro atoms.